The van der Waals surface area contributed by atoms with Crippen LogP contribution in [-0.4, -0.2) is 65.0 Å². The van der Waals surface area contributed by atoms with E-state index in [-0.39, 0.29) is 24.1 Å². The van der Waals surface area contributed by atoms with E-state index in [0.29, 0.717) is 36.2 Å². The fourth-order valence-corrected chi connectivity index (χ4v) is 4.92. The zero-order chi connectivity index (χ0) is 20.0. The van der Waals surface area contributed by atoms with Gasteiger partial charge in [0.25, 0.3) is 0 Å². The van der Waals surface area contributed by atoms with Gasteiger partial charge in [-0.1, -0.05) is 42.1 Å². The van der Waals surface area contributed by atoms with E-state index >= 15 is 0 Å². The number of nitrogens with one attached hydrogen (secondary N) is 2. The van der Waals surface area contributed by atoms with E-state index in [1.165, 1.54) is 16.1 Å². The van der Waals surface area contributed by atoms with Crippen molar-refractivity contribution in [3.8, 4) is 11.4 Å². The maximum Gasteiger partial charge on any atom is 0.224 e. The molecule has 152 valence electrons. The molecule has 3 rings (SSSR count). The highest BCUT2D eigenvalue weighted by atomic mass is 32.2. The van der Waals surface area contributed by atoms with Crippen LogP contribution in [0.3, 0.4) is 0 Å². The Labute approximate surface area is 169 Å². The van der Waals surface area contributed by atoms with Crippen molar-refractivity contribution in [3.63, 3.8) is 0 Å². The molecule has 1 fully saturated rings. The number of carbonyl (C=O) groups is 1. The van der Waals surface area contributed by atoms with Crippen LogP contribution in [0.25, 0.3) is 11.4 Å². The van der Waals surface area contributed by atoms with Gasteiger partial charge in [-0.15, -0.1) is 5.10 Å². The quantitative estimate of drug-likeness (QED) is 0.495. The molecule has 28 heavy (non-hydrogen) atoms. The number of rotatable bonds is 8. The van der Waals surface area contributed by atoms with Crippen molar-refractivity contribution in [1.82, 2.24) is 24.8 Å². The molecule has 2 heterocycles. The maximum atomic E-state index is 12.4. The summed E-state index contributed by atoms with van der Waals surface area (Å²) in [7, 11) is -3.24. The third kappa shape index (κ3) is 5.33. The standard InChI is InChI=1S/C18H25N5O3S2/c1-2-28(25,26)23-11-6-9-15(13-23)17(24)19-10-12-27-18-20-16(21-22-18)14-7-4-3-5-8-14/h3-5,7-8,15H,2,6,9-13H2,1H3,(H,19,24)(H,20,21,22). The summed E-state index contributed by atoms with van der Waals surface area (Å²) < 4.78 is 25.5. The van der Waals surface area contributed by atoms with E-state index < -0.39 is 10.0 Å². The van der Waals surface area contributed by atoms with Gasteiger partial charge in [0, 0.05) is 31.0 Å². The molecule has 1 unspecified atom stereocenters. The van der Waals surface area contributed by atoms with Crippen LogP contribution in [0.2, 0.25) is 0 Å². The molecule has 1 aromatic heterocycles. The second-order valence-electron chi connectivity index (χ2n) is 6.57. The van der Waals surface area contributed by atoms with Gasteiger partial charge >= 0.3 is 0 Å². The van der Waals surface area contributed by atoms with E-state index in [2.05, 4.69) is 20.5 Å². The lowest BCUT2D eigenvalue weighted by Crippen LogP contribution is -2.46. The number of aromatic nitrogens is 3. The van der Waals surface area contributed by atoms with E-state index in [4.69, 9.17) is 0 Å². The first-order valence-corrected chi connectivity index (χ1v) is 11.9. The summed E-state index contributed by atoms with van der Waals surface area (Å²) in [6, 6.07) is 9.75. The molecule has 1 aliphatic heterocycles. The highest BCUT2D eigenvalue weighted by Gasteiger charge is 2.31. The van der Waals surface area contributed by atoms with Crippen molar-refractivity contribution in [1.29, 1.82) is 0 Å². The third-order valence-corrected chi connectivity index (χ3v) is 7.35. The molecule has 1 aliphatic rings. The van der Waals surface area contributed by atoms with E-state index in [1.54, 1.807) is 6.92 Å². The number of thioether (sulfide) groups is 1. The van der Waals surface area contributed by atoms with Gasteiger partial charge in [0.15, 0.2) is 5.82 Å². The van der Waals surface area contributed by atoms with Crippen molar-refractivity contribution < 1.29 is 13.2 Å². The van der Waals surface area contributed by atoms with Crippen molar-refractivity contribution in [2.75, 3.05) is 31.1 Å². The van der Waals surface area contributed by atoms with Crippen LogP contribution >= 0.6 is 11.8 Å². The van der Waals surface area contributed by atoms with Gasteiger partial charge in [0.1, 0.15) is 0 Å². The first kappa shape index (κ1) is 20.8. The van der Waals surface area contributed by atoms with Crippen LogP contribution < -0.4 is 5.32 Å². The van der Waals surface area contributed by atoms with Gasteiger partial charge in [-0.2, -0.15) is 0 Å². The number of hydrogen-bond donors (Lipinski definition) is 2. The van der Waals surface area contributed by atoms with Crippen LogP contribution in [-0.2, 0) is 14.8 Å². The van der Waals surface area contributed by atoms with Crippen molar-refractivity contribution >= 4 is 27.7 Å². The molecule has 0 aliphatic carbocycles. The normalized spacial score (nSPS) is 18.1. The molecular weight excluding hydrogens is 398 g/mol. The molecule has 2 aromatic rings. The average Bonchev–Trinajstić information content (AvgIpc) is 3.21. The Kier molecular flexibility index (Phi) is 7.08. The Morgan fingerprint density at radius 3 is 2.89 bits per heavy atom. The van der Waals surface area contributed by atoms with Crippen LogP contribution in [0.4, 0.5) is 0 Å². The predicted molar refractivity (Wildman–Crippen MR) is 109 cm³/mol. The maximum absolute atomic E-state index is 12.4. The fraction of sp³-hybridized carbons (Fsp3) is 0.500. The summed E-state index contributed by atoms with van der Waals surface area (Å²) in [6.45, 7) is 2.89. The minimum Gasteiger partial charge on any atom is -0.355 e. The average molecular weight is 424 g/mol. The molecule has 0 bridgehead atoms. The molecule has 1 amide bonds. The summed E-state index contributed by atoms with van der Waals surface area (Å²) in [5.74, 6) is 1.05. The van der Waals surface area contributed by atoms with Gasteiger partial charge in [0.2, 0.25) is 21.1 Å². The summed E-state index contributed by atoms with van der Waals surface area (Å²) in [5, 5.41) is 10.6. The van der Waals surface area contributed by atoms with Crippen LogP contribution in [0.5, 0.6) is 0 Å². The number of aromatic amines is 1. The van der Waals surface area contributed by atoms with Gasteiger partial charge in [-0.05, 0) is 19.8 Å². The number of piperidine rings is 1. The summed E-state index contributed by atoms with van der Waals surface area (Å²) in [4.78, 5) is 16.8. The third-order valence-electron chi connectivity index (χ3n) is 4.66. The van der Waals surface area contributed by atoms with Crippen LogP contribution in [0.1, 0.15) is 19.8 Å². The van der Waals surface area contributed by atoms with Gasteiger partial charge in [-0.25, -0.2) is 17.7 Å². The highest BCUT2D eigenvalue weighted by molar-refractivity contribution is 7.99. The Morgan fingerprint density at radius 2 is 2.14 bits per heavy atom. The number of sulfonamides is 1. The Bertz CT molecular complexity index is 886. The molecule has 0 saturated carbocycles. The van der Waals surface area contributed by atoms with Crippen LogP contribution in [0, 0.1) is 5.92 Å². The number of amides is 1. The largest absolute Gasteiger partial charge is 0.355 e. The smallest absolute Gasteiger partial charge is 0.224 e. The van der Waals surface area contributed by atoms with Gasteiger partial charge in [0.05, 0.1) is 11.7 Å². The topological polar surface area (TPSA) is 108 Å². The predicted octanol–water partition coefficient (Wildman–Crippen LogP) is 1.74. The second-order valence-corrected chi connectivity index (χ2v) is 9.89. The summed E-state index contributed by atoms with van der Waals surface area (Å²) in [6.07, 6.45) is 1.43. The molecule has 8 nitrogen and oxygen atoms in total. The van der Waals surface area contributed by atoms with Crippen LogP contribution in [0.15, 0.2) is 35.5 Å². The molecule has 0 spiro atoms. The lowest BCUT2D eigenvalue weighted by Gasteiger charge is -2.30. The summed E-state index contributed by atoms with van der Waals surface area (Å²) >= 11 is 1.46. The molecule has 2 N–H and O–H groups in total. The minimum absolute atomic E-state index is 0.0691. The minimum atomic E-state index is -3.24. The zero-order valence-corrected chi connectivity index (χ0v) is 17.4. The Hall–Kier alpha value is -1.91. The number of carbonyl (C=O) groups excluding carboxylic acids is 1. The number of hydrogen-bond acceptors (Lipinski definition) is 6. The lowest BCUT2D eigenvalue weighted by atomic mass is 9.99. The van der Waals surface area contributed by atoms with E-state index in [9.17, 15) is 13.2 Å². The molecule has 1 atom stereocenters. The monoisotopic (exact) mass is 423 g/mol. The molecule has 0 radical (unpaired) electrons. The first-order valence-electron chi connectivity index (χ1n) is 9.35. The van der Waals surface area contributed by atoms with Crippen molar-refractivity contribution in [2.24, 2.45) is 5.92 Å². The number of nitrogens with zero attached hydrogens (tertiary/aromatic N) is 3. The molecular formula is C18H25N5O3S2. The van der Waals surface area contributed by atoms with Crippen molar-refractivity contribution in [2.45, 2.75) is 24.9 Å². The second kappa shape index (κ2) is 9.53. The number of benzene rings is 1. The highest BCUT2D eigenvalue weighted by Crippen LogP contribution is 2.20. The molecule has 1 saturated heterocycles. The Morgan fingerprint density at radius 1 is 1.36 bits per heavy atom. The van der Waals surface area contributed by atoms with E-state index in [0.717, 1.165) is 12.0 Å². The SMILES string of the molecule is CCS(=O)(=O)N1CCCC(C(=O)NCCSc2n[nH]c(-c3ccccc3)n2)C1. The van der Waals surface area contributed by atoms with Crippen molar-refractivity contribution in [3.05, 3.63) is 30.3 Å². The fourth-order valence-electron chi connectivity index (χ4n) is 3.09. The van der Waals surface area contributed by atoms with Gasteiger partial charge < -0.3 is 5.32 Å². The van der Waals surface area contributed by atoms with Gasteiger partial charge in [-0.3, -0.25) is 9.89 Å². The lowest BCUT2D eigenvalue weighted by molar-refractivity contribution is -0.125. The first-order chi connectivity index (χ1) is 13.5. The zero-order valence-electron chi connectivity index (χ0n) is 15.8. The Balaban J connectivity index is 1.43. The molecule has 1 aromatic carbocycles. The molecule has 10 heteroatoms. The summed E-state index contributed by atoms with van der Waals surface area (Å²) in [5.41, 5.74) is 0.971. The number of H-pyrrole nitrogens is 1. The van der Waals surface area contributed by atoms with E-state index in [1.807, 2.05) is 30.3 Å².